The molecule has 22 heavy (non-hydrogen) atoms. The number of aromatic amines is 1. The van der Waals surface area contributed by atoms with E-state index in [1.165, 1.54) is 12.8 Å². The van der Waals surface area contributed by atoms with Gasteiger partial charge in [-0.1, -0.05) is 25.0 Å². The van der Waals surface area contributed by atoms with E-state index in [-0.39, 0.29) is 5.91 Å². The van der Waals surface area contributed by atoms with Crippen LogP contribution in [0, 0.1) is 0 Å². The van der Waals surface area contributed by atoms with Gasteiger partial charge < -0.3 is 9.64 Å². The van der Waals surface area contributed by atoms with E-state index in [1.54, 1.807) is 7.11 Å². The zero-order chi connectivity index (χ0) is 15.4. The number of ether oxygens (including phenoxy) is 1. The standard InChI is InChI=1S/C17H21N3O2/c1-22-14-8-6-7-13(11-14)15-12-16(19-18-15)17(21)20-9-4-2-3-5-10-20/h6-8,11-12H,2-5,9-10H2,1H3,(H,18,19). The summed E-state index contributed by atoms with van der Waals surface area (Å²) in [5.74, 6) is 0.824. The van der Waals surface area contributed by atoms with Gasteiger partial charge in [0.2, 0.25) is 0 Å². The second-order valence-electron chi connectivity index (χ2n) is 5.61. The smallest absolute Gasteiger partial charge is 0.271 e. The zero-order valence-electron chi connectivity index (χ0n) is 12.8. The molecule has 1 N–H and O–H groups in total. The van der Waals surface area contributed by atoms with E-state index in [1.807, 2.05) is 35.2 Å². The molecule has 1 amide bonds. The maximum Gasteiger partial charge on any atom is 0.271 e. The fraction of sp³-hybridized carbons (Fsp3) is 0.412. The van der Waals surface area contributed by atoms with Gasteiger partial charge in [-0.2, -0.15) is 5.10 Å². The molecule has 1 aromatic heterocycles. The number of carbonyl (C=O) groups excluding carboxylic acids is 1. The molecule has 1 saturated heterocycles. The minimum absolute atomic E-state index is 0.0450. The molecule has 0 saturated carbocycles. The van der Waals surface area contributed by atoms with E-state index in [4.69, 9.17) is 4.74 Å². The van der Waals surface area contributed by atoms with E-state index >= 15 is 0 Å². The normalized spacial score (nSPS) is 15.4. The van der Waals surface area contributed by atoms with Gasteiger partial charge in [-0.3, -0.25) is 9.89 Å². The van der Waals surface area contributed by atoms with Crippen molar-refractivity contribution in [2.45, 2.75) is 25.7 Å². The molecule has 0 spiro atoms. The Morgan fingerprint density at radius 3 is 2.68 bits per heavy atom. The largest absolute Gasteiger partial charge is 0.497 e. The lowest BCUT2D eigenvalue weighted by molar-refractivity contribution is 0.0755. The van der Waals surface area contributed by atoms with Gasteiger partial charge >= 0.3 is 0 Å². The number of hydrogen-bond donors (Lipinski definition) is 1. The Morgan fingerprint density at radius 2 is 1.95 bits per heavy atom. The summed E-state index contributed by atoms with van der Waals surface area (Å²) in [4.78, 5) is 14.5. The van der Waals surface area contributed by atoms with Crippen molar-refractivity contribution in [2.24, 2.45) is 0 Å². The van der Waals surface area contributed by atoms with Crippen molar-refractivity contribution < 1.29 is 9.53 Å². The van der Waals surface area contributed by atoms with Gasteiger partial charge in [0.1, 0.15) is 11.4 Å². The van der Waals surface area contributed by atoms with Crippen LogP contribution in [0.3, 0.4) is 0 Å². The van der Waals surface area contributed by atoms with Gasteiger partial charge in [0.25, 0.3) is 5.91 Å². The van der Waals surface area contributed by atoms with Crippen molar-refractivity contribution in [3.8, 4) is 17.0 Å². The fourth-order valence-electron chi connectivity index (χ4n) is 2.81. The third kappa shape index (κ3) is 3.13. The first-order chi connectivity index (χ1) is 10.8. The van der Waals surface area contributed by atoms with Gasteiger partial charge in [-0.25, -0.2) is 0 Å². The highest BCUT2D eigenvalue weighted by Crippen LogP contribution is 2.23. The van der Waals surface area contributed by atoms with Crippen molar-refractivity contribution >= 4 is 5.91 Å². The lowest BCUT2D eigenvalue weighted by Gasteiger charge is -2.18. The van der Waals surface area contributed by atoms with Gasteiger partial charge in [0.05, 0.1) is 12.8 Å². The predicted molar refractivity (Wildman–Crippen MR) is 84.9 cm³/mol. The summed E-state index contributed by atoms with van der Waals surface area (Å²) in [6.45, 7) is 1.68. The van der Waals surface area contributed by atoms with Crippen molar-refractivity contribution in [1.29, 1.82) is 0 Å². The average Bonchev–Trinajstić information content (AvgIpc) is 2.90. The number of nitrogens with zero attached hydrogens (tertiary/aromatic N) is 2. The monoisotopic (exact) mass is 299 g/mol. The van der Waals surface area contributed by atoms with E-state index in [0.717, 1.165) is 42.9 Å². The number of carbonyl (C=O) groups is 1. The first-order valence-electron chi connectivity index (χ1n) is 7.77. The van der Waals surface area contributed by atoms with Crippen LogP contribution in [-0.4, -0.2) is 41.2 Å². The molecule has 0 radical (unpaired) electrons. The molecule has 1 fully saturated rings. The molecule has 116 valence electrons. The minimum atomic E-state index is 0.0450. The molecule has 0 aliphatic carbocycles. The van der Waals surface area contributed by atoms with E-state index in [0.29, 0.717) is 5.69 Å². The quantitative estimate of drug-likeness (QED) is 0.947. The number of rotatable bonds is 3. The number of likely N-dealkylation sites (tertiary alicyclic amines) is 1. The number of nitrogens with one attached hydrogen (secondary N) is 1. The van der Waals surface area contributed by atoms with Crippen LogP contribution in [0.2, 0.25) is 0 Å². The number of aromatic nitrogens is 2. The number of H-pyrrole nitrogens is 1. The maximum atomic E-state index is 12.6. The maximum absolute atomic E-state index is 12.6. The van der Waals surface area contributed by atoms with Crippen molar-refractivity contribution in [1.82, 2.24) is 15.1 Å². The second-order valence-corrected chi connectivity index (χ2v) is 5.61. The van der Waals surface area contributed by atoms with Gasteiger partial charge in [-0.05, 0) is 31.0 Å². The molecule has 2 aromatic rings. The first-order valence-corrected chi connectivity index (χ1v) is 7.77. The highest BCUT2D eigenvalue weighted by Gasteiger charge is 2.19. The summed E-state index contributed by atoms with van der Waals surface area (Å²) in [6, 6.07) is 9.50. The molecule has 0 unspecified atom stereocenters. The third-order valence-electron chi connectivity index (χ3n) is 4.07. The molecule has 0 atom stereocenters. The summed E-state index contributed by atoms with van der Waals surface area (Å²) in [5.41, 5.74) is 2.25. The molecular formula is C17H21N3O2. The van der Waals surface area contributed by atoms with E-state index < -0.39 is 0 Å². The Morgan fingerprint density at radius 1 is 1.18 bits per heavy atom. The lowest BCUT2D eigenvalue weighted by Crippen LogP contribution is -2.32. The van der Waals surface area contributed by atoms with Crippen LogP contribution in [0.4, 0.5) is 0 Å². The molecular weight excluding hydrogens is 278 g/mol. The summed E-state index contributed by atoms with van der Waals surface area (Å²) in [5, 5.41) is 7.15. The van der Waals surface area contributed by atoms with Crippen LogP contribution in [0.1, 0.15) is 36.2 Å². The van der Waals surface area contributed by atoms with Gasteiger partial charge in [0, 0.05) is 18.7 Å². The van der Waals surface area contributed by atoms with Crippen LogP contribution >= 0.6 is 0 Å². The molecule has 1 aliphatic rings. The zero-order valence-corrected chi connectivity index (χ0v) is 12.8. The Kier molecular flexibility index (Phi) is 4.42. The molecule has 1 aromatic carbocycles. The number of methoxy groups -OCH3 is 1. The van der Waals surface area contributed by atoms with E-state index in [9.17, 15) is 4.79 Å². The highest BCUT2D eigenvalue weighted by molar-refractivity contribution is 5.93. The van der Waals surface area contributed by atoms with Crippen LogP contribution in [-0.2, 0) is 0 Å². The highest BCUT2D eigenvalue weighted by atomic mass is 16.5. The fourth-order valence-corrected chi connectivity index (χ4v) is 2.81. The van der Waals surface area contributed by atoms with Gasteiger partial charge in [0.15, 0.2) is 0 Å². The Hall–Kier alpha value is -2.30. The Bertz CT molecular complexity index is 643. The minimum Gasteiger partial charge on any atom is -0.497 e. The van der Waals surface area contributed by atoms with Crippen molar-refractivity contribution in [3.05, 3.63) is 36.0 Å². The SMILES string of the molecule is COc1cccc(-c2cc(C(=O)N3CCCCCC3)[nH]n2)c1. The average molecular weight is 299 g/mol. The summed E-state index contributed by atoms with van der Waals surface area (Å²) in [7, 11) is 1.64. The molecule has 0 bridgehead atoms. The molecule has 1 aliphatic heterocycles. The van der Waals surface area contributed by atoms with Crippen molar-refractivity contribution in [3.63, 3.8) is 0 Å². The summed E-state index contributed by atoms with van der Waals surface area (Å²) < 4.78 is 5.23. The second kappa shape index (κ2) is 6.64. The van der Waals surface area contributed by atoms with Gasteiger partial charge in [-0.15, -0.1) is 0 Å². The summed E-state index contributed by atoms with van der Waals surface area (Å²) in [6.07, 6.45) is 4.59. The Balaban J connectivity index is 1.79. The number of hydrogen-bond acceptors (Lipinski definition) is 3. The van der Waals surface area contributed by atoms with E-state index in [2.05, 4.69) is 10.2 Å². The van der Waals surface area contributed by atoms with Crippen LogP contribution < -0.4 is 4.74 Å². The first kappa shape index (κ1) is 14.6. The Labute approximate surface area is 130 Å². The molecule has 5 nitrogen and oxygen atoms in total. The topological polar surface area (TPSA) is 58.2 Å². The van der Waals surface area contributed by atoms with Crippen molar-refractivity contribution in [2.75, 3.05) is 20.2 Å². The molecule has 2 heterocycles. The third-order valence-corrected chi connectivity index (χ3v) is 4.07. The predicted octanol–water partition coefficient (Wildman–Crippen LogP) is 3.10. The van der Waals surface area contributed by atoms with Crippen LogP contribution in [0.25, 0.3) is 11.3 Å². The van der Waals surface area contributed by atoms with Crippen LogP contribution in [0.5, 0.6) is 5.75 Å². The molecule has 5 heteroatoms. The molecule has 3 rings (SSSR count). The lowest BCUT2D eigenvalue weighted by atomic mass is 10.1. The number of amides is 1. The van der Waals surface area contributed by atoms with Crippen LogP contribution in [0.15, 0.2) is 30.3 Å². The summed E-state index contributed by atoms with van der Waals surface area (Å²) >= 11 is 0. The number of benzene rings is 1.